The third-order valence-electron chi connectivity index (χ3n) is 5.41. The zero-order valence-corrected chi connectivity index (χ0v) is 16.1. The highest BCUT2D eigenvalue weighted by Crippen LogP contribution is 2.39. The molecule has 1 unspecified atom stereocenters. The Morgan fingerprint density at radius 1 is 1.39 bits per heavy atom. The van der Waals surface area contributed by atoms with Crippen molar-refractivity contribution in [3.8, 4) is 11.8 Å². The first kappa shape index (κ1) is 20.7. The summed E-state index contributed by atoms with van der Waals surface area (Å²) in [6.07, 6.45) is 1.66. The SMILES string of the molecule is COc1nc(OC[C@@H]2CCC(F)(F)C2)c(F)cc1CNC(=O)C1CCCN1C. The second kappa shape index (κ2) is 8.55. The van der Waals surface area contributed by atoms with Crippen molar-refractivity contribution in [2.45, 2.75) is 50.6 Å². The van der Waals surface area contributed by atoms with Crippen LogP contribution in [0.25, 0.3) is 0 Å². The first-order valence-corrected chi connectivity index (χ1v) is 9.51. The lowest BCUT2D eigenvalue weighted by Gasteiger charge is -2.19. The van der Waals surface area contributed by atoms with Crippen LogP contribution in [0.15, 0.2) is 6.07 Å². The second-order valence-corrected chi connectivity index (χ2v) is 7.58. The van der Waals surface area contributed by atoms with E-state index in [1.54, 1.807) is 0 Å². The number of nitrogens with zero attached hydrogens (tertiary/aromatic N) is 2. The Labute approximate surface area is 162 Å². The van der Waals surface area contributed by atoms with Gasteiger partial charge in [0.05, 0.1) is 19.8 Å². The number of likely N-dealkylation sites (tertiary alicyclic amines) is 1. The van der Waals surface area contributed by atoms with Crippen LogP contribution in [-0.2, 0) is 11.3 Å². The number of methoxy groups -OCH3 is 1. The summed E-state index contributed by atoms with van der Waals surface area (Å²) < 4.78 is 51.4. The van der Waals surface area contributed by atoms with Gasteiger partial charge in [0, 0.05) is 24.9 Å². The largest absolute Gasteiger partial charge is 0.481 e. The van der Waals surface area contributed by atoms with Gasteiger partial charge in [0.15, 0.2) is 5.82 Å². The van der Waals surface area contributed by atoms with Crippen LogP contribution in [0.5, 0.6) is 11.8 Å². The second-order valence-electron chi connectivity index (χ2n) is 7.58. The van der Waals surface area contributed by atoms with Crippen LogP contribution in [0.2, 0.25) is 0 Å². The molecule has 1 aromatic heterocycles. The Balaban J connectivity index is 1.60. The maximum absolute atomic E-state index is 14.4. The minimum Gasteiger partial charge on any atom is -0.481 e. The van der Waals surface area contributed by atoms with E-state index in [0.29, 0.717) is 12.0 Å². The van der Waals surface area contributed by atoms with Gasteiger partial charge in [-0.1, -0.05) is 0 Å². The number of likely N-dealkylation sites (N-methyl/N-ethyl adjacent to an activating group) is 1. The molecule has 1 saturated heterocycles. The maximum atomic E-state index is 14.4. The summed E-state index contributed by atoms with van der Waals surface area (Å²) in [5.74, 6) is -3.99. The molecule has 2 heterocycles. The van der Waals surface area contributed by atoms with Gasteiger partial charge in [-0.25, -0.2) is 13.2 Å². The summed E-state index contributed by atoms with van der Waals surface area (Å²) in [4.78, 5) is 18.3. The molecule has 156 valence electrons. The molecule has 3 rings (SSSR count). The summed E-state index contributed by atoms with van der Waals surface area (Å²) in [6, 6.07) is 1.01. The number of halogens is 3. The Hall–Kier alpha value is -2.03. The van der Waals surface area contributed by atoms with Crippen molar-refractivity contribution in [1.82, 2.24) is 15.2 Å². The lowest BCUT2D eigenvalue weighted by molar-refractivity contribution is -0.125. The average Bonchev–Trinajstić information content (AvgIpc) is 3.23. The van der Waals surface area contributed by atoms with E-state index >= 15 is 0 Å². The molecule has 0 spiro atoms. The number of alkyl halides is 2. The van der Waals surface area contributed by atoms with Crippen molar-refractivity contribution in [2.24, 2.45) is 5.92 Å². The number of carbonyl (C=O) groups is 1. The molecule has 1 amide bonds. The summed E-state index contributed by atoms with van der Waals surface area (Å²) in [6.45, 7) is 0.925. The van der Waals surface area contributed by atoms with Crippen molar-refractivity contribution in [3.63, 3.8) is 0 Å². The highest BCUT2D eigenvalue weighted by molar-refractivity contribution is 5.82. The highest BCUT2D eigenvalue weighted by atomic mass is 19.3. The van der Waals surface area contributed by atoms with Gasteiger partial charge >= 0.3 is 0 Å². The molecule has 6 nitrogen and oxygen atoms in total. The number of pyridine rings is 1. The molecular formula is C19H26F3N3O3. The molecule has 1 aromatic rings. The zero-order valence-electron chi connectivity index (χ0n) is 16.1. The van der Waals surface area contributed by atoms with Gasteiger partial charge in [-0.3, -0.25) is 9.69 Å². The van der Waals surface area contributed by atoms with E-state index in [4.69, 9.17) is 9.47 Å². The predicted molar refractivity (Wildman–Crippen MR) is 96.0 cm³/mol. The molecule has 1 N–H and O–H groups in total. The summed E-state index contributed by atoms with van der Waals surface area (Å²) in [7, 11) is 3.28. The Morgan fingerprint density at radius 3 is 2.79 bits per heavy atom. The molecule has 9 heteroatoms. The lowest BCUT2D eigenvalue weighted by atomic mass is 10.1. The fourth-order valence-corrected chi connectivity index (χ4v) is 3.82. The molecule has 1 aliphatic carbocycles. The molecule has 0 aromatic carbocycles. The number of hydrogen-bond acceptors (Lipinski definition) is 5. The van der Waals surface area contributed by atoms with Crippen LogP contribution in [0.3, 0.4) is 0 Å². The van der Waals surface area contributed by atoms with E-state index in [1.165, 1.54) is 13.2 Å². The number of ether oxygens (including phenoxy) is 2. The maximum Gasteiger partial charge on any atom is 0.253 e. The van der Waals surface area contributed by atoms with Crippen molar-refractivity contribution < 1.29 is 27.4 Å². The smallest absolute Gasteiger partial charge is 0.253 e. The van der Waals surface area contributed by atoms with E-state index in [0.717, 1.165) is 19.4 Å². The average molecular weight is 401 g/mol. The number of amides is 1. The van der Waals surface area contributed by atoms with E-state index in [2.05, 4.69) is 10.3 Å². The Morgan fingerprint density at radius 2 is 2.18 bits per heavy atom. The molecule has 28 heavy (non-hydrogen) atoms. The minimum atomic E-state index is -2.67. The summed E-state index contributed by atoms with van der Waals surface area (Å²) in [5.41, 5.74) is 0.383. The quantitative estimate of drug-likeness (QED) is 0.761. The first-order valence-electron chi connectivity index (χ1n) is 9.51. The molecule has 1 saturated carbocycles. The number of nitrogens with one attached hydrogen (secondary N) is 1. The van der Waals surface area contributed by atoms with Crippen LogP contribution in [0, 0.1) is 11.7 Å². The number of aromatic nitrogens is 1. The van der Waals surface area contributed by atoms with Gasteiger partial charge in [0.2, 0.25) is 17.7 Å². The molecule has 1 aliphatic heterocycles. The van der Waals surface area contributed by atoms with Crippen LogP contribution in [0.1, 0.15) is 37.7 Å². The summed E-state index contributed by atoms with van der Waals surface area (Å²) >= 11 is 0. The first-order chi connectivity index (χ1) is 13.3. The van der Waals surface area contributed by atoms with Crippen molar-refractivity contribution >= 4 is 5.91 Å². The van der Waals surface area contributed by atoms with Crippen molar-refractivity contribution in [2.75, 3.05) is 27.3 Å². The molecular weight excluding hydrogens is 375 g/mol. The third-order valence-corrected chi connectivity index (χ3v) is 5.41. The van der Waals surface area contributed by atoms with Crippen molar-refractivity contribution in [1.29, 1.82) is 0 Å². The van der Waals surface area contributed by atoms with Gasteiger partial charge in [0.25, 0.3) is 5.88 Å². The van der Waals surface area contributed by atoms with Gasteiger partial charge in [-0.15, -0.1) is 0 Å². The third kappa shape index (κ3) is 4.87. The van der Waals surface area contributed by atoms with Gasteiger partial charge in [0.1, 0.15) is 0 Å². The van der Waals surface area contributed by atoms with Crippen LogP contribution in [0.4, 0.5) is 13.2 Å². The highest BCUT2D eigenvalue weighted by Gasteiger charge is 2.39. The Kier molecular flexibility index (Phi) is 6.32. The monoisotopic (exact) mass is 401 g/mol. The lowest BCUT2D eigenvalue weighted by Crippen LogP contribution is -2.41. The summed E-state index contributed by atoms with van der Waals surface area (Å²) in [5, 5.41) is 2.79. The van der Waals surface area contributed by atoms with Crippen LogP contribution < -0.4 is 14.8 Å². The van der Waals surface area contributed by atoms with Gasteiger partial charge in [-0.05, 0) is 44.8 Å². The van der Waals surface area contributed by atoms with E-state index in [9.17, 15) is 18.0 Å². The minimum absolute atomic E-state index is 0.0211. The molecule has 0 bridgehead atoms. The van der Waals surface area contributed by atoms with Crippen LogP contribution >= 0.6 is 0 Å². The molecule has 0 radical (unpaired) electrons. The number of hydrogen-bond donors (Lipinski definition) is 1. The molecule has 2 atom stereocenters. The van der Waals surface area contributed by atoms with Crippen molar-refractivity contribution in [3.05, 3.63) is 17.4 Å². The zero-order chi connectivity index (χ0) is 20.3. The fourth-order valence-electron chi connectivity index (χ4n) is 3.82. The molecule has 2 fully saturated rings. The van der Waals surface area contributed by atoms with E-state index in [-0.39, 0.29) is 55.6 Å². The van der Waals surface area contributed by atoms with Gasteiger partial charge in [-0.2, -0.15) is 4.98 Å². The Bertz CT molecular complexity index is 717. The molecule has 2 aliphatic rings. The standard InChI is InChI=1S/C19H26F3N3O3/c1-25-7-3-4-15(25)16(26)23-10-13-8-14(20)18(24-17(13)27-2)28-11-12-5-6-19(21,22)9-12/h8,12,15H,3-7,9-11H2,1-2H3,(H,23,26)/t12-,15?/m1/s1. The number of rotatable bonds is 7. The fraction of sp³-hybridized carbons (Fsp3) is 0.684. The predicted octanol–water partition coefficient (Wildman–Crippen LogP) is 2.75. The van der Waals surface area contributed by atoms with E-state index < -0.39 is 11.7 Å². The van der Waals surface area contributed by atoms with E-state index in [1.807, 2.05) is 11.9 Å². The topological polar surface area (TPSA) is 63.7 Å². The number of carbonyl (C=O) groups excluding carboxylic acids is 1. The van der Waals surface area contributed by atoms with Crippen LogP contribution in [-0.4, -0.2) is 55.1 Å². The normalized spacial score (nSPS) is 24.3. The van der Waals surface area contributed by atoms with Gasteiger partial charge < -0.3 is 14.8 Å².